The maximum atomic E-state index is 5.08. The topological polar surface area (TPSA) is 9.23 Å². The monoisotopic (exact) mass is 152 g/mol. The summed E-state index contributed by atoms with van der Waals surface area (Å²) >= 11 is 0. The second-order valence-electron chi connectivity index (χ2n) is 2.32. The van der Waals surface area contributed by atoms with Gasteiger partial charge in [0.2, 0.25) is 0 Å². The van der Waals surface area contributed by atoms with Crippen LogP contribution in [0.3, 0.4) is 0 Å². The van der Waals surface area contributed by atoms with E-state index in [0.29, 0.717) is 0 Å². The van der Waals surface area contributed by atoms with Crippen molar-refractivity contribution in [2.45, 2.75) is 41.9 Å². The van der Waals surface area contributed by atoms with E-state index in [1.165, 1.54) is 0 Å². The summed E-state index contributed by atoms with van der Waals surface area (Å²) in [6.07, 6.45) is 0. The lowest BCUT2D eigenvalue weighted by molar-refractivity contribution is 0.411. The Morgan fingerprint density at radius 1 is 0.889 bits per heavy atom. The van der Waals surface area contributed by atoms with Crippen molar-refractivity contribution in [3.63, 3.8) is 0 Å². The second-order valence-corrected chi connectivity index (χ2v) is 6.95. The van der Waals surface area contributed by atoms with Gasteiger partial charge in [-0.1, -0.05) is 22.3 Å². The Bertz CT molecular complexity index is 38.7. The minimum absolute atomic E-state index is 0. The molecule has 1 nitrogen and oxygen atoms in total. The van der Waals surface area contributed by atoms with Crippen LogP contribution in [-0.4, -0.2) is 15.4 Å². The van der Waals surface area contributed by atoms with Gasteiger partial charge in [0, 0.05) is 7.11 Å². The van der Waals surface area contributed by atoms with E-state index in [-0.39, 0.29) is 22.3 Å². The molecule has 0 aromatic heterocycles. The molecule has 0 aliphatic carbocycles. The highest BCUT2D eigenvalue weighted by molar-refractivity contribution is 6.69. The zero-order valence-electron chi connectivity index (χ0n) is 4.91. The summed E-state index contributed by atoms with van der Waals surface area (Å²) < 4.78 is 5.08. The van der Waals surface area contributed by atoms with Gasteiger partial charge in [0.05, 0.1) is 0 Å². The molecule has 0 saturated heterocycles. The molecule has 0 radical (unpaired) electrons. The third-order valence-corrected chi connectivity index (χ3v) is 1.84. The molecule has 0 heterocycles. The smallest absolute Gasteiger partial charge is 0.183 e. The van der Waals surface area contributed by atoms with Crippen LogP contribution in [0.1, 0.15) is 22.3 Å². The van der Waals surface area contributed by atoms with Gasteiger partial charge in [-0.25, -0.2) is 0 Å². The number of rotatable bonds is 1. The van der Waals surface area contributed by atoms with Gasteiger partial charge in [0.1, 0.15) is 0 Å². The lowest BCUT2D eigenvalue weighted by atomic mass is 11.8. The maximum absolute atomic E-state index is 5.08. The van der Waals surface area contributed by atoms with Crippen LogP contribution in [0.25, 0.3) is 0 Å². The van der Waals surface area contributed by atoms with Crippen LogP contribution in [0.2, 0.25) is 19.6 Å². The Balaban J connectivity index is -0.0000000417. The van der Waals surface area contributed by atoms with Crippen molar-refractivity contribution >= 4 is 8.32 Å². The fourth-order valence-electron chi connectivity index (χ4n) is 0. The zero-order valence-corrected chi connectivity index (χ0v) is 5.91. The summed E-state index contributed by atoms with van der Waals surface area (Å²) in [5.74, 6) is 0. The molecular formula is C7H24OSi. The zero-order chi connectivity index (χ0) is 5.21. The van der Waals surface area contributed by atoms with Gasteiger partial charge < -0.3 is 4.43 Å². The Morgan fingerprint density at radius 2 is 1.00 bits per heavy atom. The van der Waals surface area contributed by atoms with E-state index < -0.39 is 8.32 Å². The van der Waals surface area contributed by atoms with Crippen LogP contribution in [0.15, 0.2) is 0 Å². The van der Waals surface area contributed by atoms with Crippen molar-refractivity contribution < 1.29 is 4.43 Å². The summed E-state index contributed by atoms with van der Waals surface area (Å²) in [6, 6.07) is 0. The molecule has 0 amide bonds. The molecule has 0 aromatic carbocycles. The summed E-state index contributed by atoms with van der Waals surface area (Å²) in [5, 5.41) is 0. The van der Waals surface area contributed by atoms with Crippen LogP contribution < -0.4 is 0 Å². The average molecular weight is 152 g/mol. The van der Waals surface area contributed by atoms with Crippen molar-refractivity contribution in [2.75, 3.05) is 7.11 Å². The summed E-state index contributed by atoms with van der Waals surface area (Å²) in [7, 11) is 0.639. The molecule has 0 aliphatic rings. The highest BCUT2D eigenvalue weighted by Gasteiger charge is 2.09. The number of hydrogen-bond donors (Lipinski definition) is 0. The van der Waals surface area contributed by atoms with Crippen LogP contribution in [0.4, 0.5) is 0 Å². The van der Waals surface area contributed by atoms with E-state index in [1.54, 1.807) is 7.11 Å². The first-order valence-electron chi connectivity index (χ1n) is 2.11. The fourth-order valence-corrected chi connectivity index (χ4v) is 0. The molecule has 0 unspecified atom stereocenters. The summed E-state index contributed by atoms with van der Waals surface area (Å²) in [4.78, 5) is 0. The second kappa shape index (κ2) is 8.18. The molecule has 0 rings (SSSR count). The number of hydrogen-bond acceptors (Lipinski definition) is 1. The normalized spacial score (nSPS) is 8.00. The molecule has 0 aliphatic heterocycles. The Labute approximate surface area is 62.6 Å². The SMILES string of the molecule is C.C.C.CO[Si](C)(C)C. The van der Waals surface area contributed by atoms with E-state index in [9.17, 15) is 0 Å². The molecule has 62 valence electrons. The highest BCUT2D eigenvalue weighted by atomic mass is 28.4. The van der Waals surface area contributed by atoms with Gasteiger partial charge in [0.15, 0.2) is 8.32 Å². The standard InChI is InChI=1S/C4H12OSi.3CH4/c1-5-6(2,3)4;;;/h1-4H3;3*1H4. The van der Waals surface area contributed by atoms with Gasteiger partial charge in [-0.05, 0) is 19.6 Å². The maximum Gasteiger partial charge on any atom is 0.183 e. The van der Waals surface area contributed by atoms with Crippen LogP contribution in [0, 0.1) is 0 Å². The average Bonchev–Trinajstić information content (AvgIpc) is 1.35. The van der Waals surface area contributed by atoms with Crippen molar-refractivity contribution in [1.29, 1.82) is 0 Å². The first-order chi connectivity index (χ1) is 2.56. The lowest BCUT2D eigenvalue weighted by Gasteiger charge is -2.10. The van der Waals surface area contributed by atoms with Crippen LogP contribution in [0.5, 0.6) is 0 Å². The largest absolute Gasteiger partial charge is 0.421 e. The van der Waals surface area contributed by atoms with Gasteiger partial charge in [-0.3, -0.25) is 0 Å². The summed E-state index contributed by atoms with van der Waals surface area (Å²) in [5.41, 5.74) is 0. The molecular weight excluding hydrogens is 128 g/mol. The molecule has 0 atom stereocenters. The molecule has 0 spiro atoms. The minimum Gasteiger partial charge on any atom is -0.421 e. The first kappa shape index (κ1) is 22.9. The predicted octanol–water partition coefficient (Wildman–Crippen LogP) is 3.38. The molecule has 0 saturated carbocycles. The van der Waals surface area contributed by atoms with E-state index in [0.717, 1.165) is 0 Å². The molecule has 0 fully saturated rings. The summed E-state index contributed by atoms with van der Waals surface area (Å²) in [6.45, 7) is 6.48. The van der Waals surface area contributed by atoms with Gasteiger partial charge in [-0.2, -0.15) is 0 Å². The van der Waals surface area contributed by atoms with Crippen molar-refractivity contribution in [1.82, 2.24) is 0 Å². The van der Waals surface area contributed by atoms with E-state index in [2.05, 4.69) is 19.6 Å². The van der Waals surface area contributed by atoms with Crippen LogP contribution >= 0.6 is 0 Å². The van der Waals surface area contributed by atoms with Gasteiger partial charge >= 0.3 is 0 Å². The van der Waals surface area contributed by atoms with Gasteiger partial charge in [0.25, 0.3) is 0 Å². The third kappa shape index (κ3) is 30.9. The molecule has 0 aromatic rings. The van der Waals surface area contributed by atoms with E-state index >= 15 is 0 Å². The predicted molar refractivity (Wildman–Crippen MR) is 50.5 cm³/mol. The van der Waals surface area contributed by atoms with Crippen molar-refractivity contribution in [3.05, 3.63) is 0 Å². The third-order valence-electron chi connectivity index (χ3n) is 0.612. The van der Waals surface area contributed by atoms with Crippen LogP contribution in [-0.2, 0) is 4.43 Å². The molecule has 0 bridgehead atoms. The Hall–Kier alpha value is 0.177. The molecule has 2 heteroatoms. The minimum atomic E-state index is -1.13. The van der Waals surface area contributed by atoms with E-state index in [1.807, 2.05) is 0 Å². The molecule has 0 N–H and O–H groups in total. The lowest BCUT2D eigenvalue weighted by Crippen LogP contribution is -2.22. The van der Waals surface area contributed by atoms with Gasteiger partial charge in [-0.15, -0.1) is 0 Å². The Morgan fingerprint density at radius 3 is 1.00 bits per heavy atom. The first-order valence-corrected chi connectivity index (χ1v) is 5.52. The van der Waals surface area contributed by atoms with Crippen molar-refractivity contribution in [3.8, 4) is 0 Å². The Kier molecular flexibility index (Phi) is 20.8. The highest BCUT2D eigenvalue weighted by Crippen LogP contribution is 1.97. The quantitative estimate of drug-likeness (QED) is 0.523. The fraction of sp³-hybridized carbons (Fsp3) is 1.00. The molecule has 9 heavy (non-hydrogen) atoms. The van der Waals surface area contributed by atoms with E-state index in [4.69, 9.17) is 4.43 Å². The van der Waals surface area contributed by atoms with Crippen molar-refractivity contribution in [2.24, 2.45) is 0 Å².